The lowest BCUT2D eigenvalue weighted by Crippen LogP contribution is -2.34. The molecule has 0 saturated carbocycles. The molecule has 3 atom stereocenters. The largest absolute Gasteiger partial charge is 0.496 e. The van der Waals surface area contributed by atoms with Crippen LogP contribution < -0.4 is 4.74 Å². The van der Waals surface area contributed by atoms with Gasteiger partial charge in [0, 0.05) is 12.8 Å². The Morgan fingerprint density at radius 2 is 1.95 bits per heavy atom. The van der Waals surface area contributed by atoms with Gasteiger partial charge in [-0.05, 0) is 47.9 Å². The minimum atomic E-state index is -0.188. The highest BCUT2D eigenvalue weighted by Crippen LogP contribution is 2.45. The highest BCUT2D eigenvalue weighted by atomic mass is 16.5. The summed E-state index contributed by atoms with van der Waals surface area (Å²) in [6.07, 6.45) is 0.847. The predicted octanol–water partition coefficient (Wildman–Crippen LogP) is 4.18. The van der Waals surface area contributed by atoms with E-state index in [1.165, 1.54) is 18.1 Å². The van der Waals surface area contributed by atoms with E-state index in [0.29, 0.717) is 11.8 Å². The molecule has 3 unspecified atom stereocenters. The normalized spacial score (nSPS) is 24.6. The Bertz CT molecular complexity index is 534. The first-order valence-corrected chi connectivity index (χ1v) is 7.70. The lowest BCUT2D eigenvalue weighted by molar-refractivity contribution is -0.149. The molecular formula is C18H26O3. The van der Waals surface area contributed by atoms with Crippen molar-refractivity contribution in [3.05, 3.63) is 28.8 Å². The number of carbonyl (C=O) groups is 1. The van der Waals surface area contributed by atoms with Crippen LogP contribution in [0, 0.1) is 12.8 Å². The molecule has 0 spiro atoms. The highest BCUT2D eigenvalue weighted by molar-refractivity contribution is 5.66. The molecule has 116 valence electrons. The van der Waals surface area contributed by atoms with Gasteiger partial charge in [0.2, 0.25) is 0 Å². The maximum absolute atomic E-state index is 11.4. The van der Waals surface area contributed by atoms with E-state index < -0.39 is 0 Å². The third kappa shape index (κ3) is 3.07. The fourth-order valence-electron chi connectivity index (χ4n) is 3.61. The zero-order valence-corrected chi connectivity index (χ0v) is 13.9. The van der Waals surface area contributed by atoms with E-state index in [9.17, 15) is 4.79 Å². The quantitative estimate of drug-likeness (QED) is 0.783. The van der Waals surface area contributed by atoms with Crippen LogP contribution in [-0.2, 0) is 9.53 Å². The molecule has 0 N–H and O–H groups in total. The molecule has 0 heterocycles. The van der Waals surface area contributed by atoms with Gasteiger partial charge in [0.1, 0.15) is 11.9 Å². The Labute approximate surface area is 127 Å². The highest BCUT2D eigenvalue weighted by Gasteiger charge is 2.37. The zero-order valence-electron chi connectivity index (χ0n) is 13.9. The Kier molecular flexibility index (Phi) is 4.60. The van der Waals surface area contributed by atoms with Crippen LogP contribution in [0.3, 0.4) is 0 Å². The second-order valence-corrected chi connectivity index (χ2v) is 6.51. The van der Waals surface area contributed by atoms with E-state index in [1.807, 2.05) is 0 Å². The number of ether oxygens (including phenoxy) is 2. The molecule has 0 saturated heterocycles. The fraction of sp³-hybridized carbons (Fsp3) is 0.611. The number of hydrogen-bond acceptors (Lipinski definition) is 3. The molecule has 3 heteroatoms. The molecule has 2 rings (SSSR count). The van der Waals surface area contributed by atoms with Crippen LogP contribution in [0.2, 0.25) is 0 Å². The van der Waals surface area contributed by atoms with Crippen LogP contribution in [0.15, 0.2) is 12.1 Å². The summed E-state index contributed by atoms with van der Waals surface area (Å²) in [7, 11) is 1.71. The lowest BCUT2D eigenvalue weighted by atomic mass is 9.70. The third-order valence-corrected chi connectivity index (χ3v) is 4.51. The molecule has 0 amide bonds. The molecule has 21 heavy (non-hydrogen) atoms. The summed E-state index contributed by atoms with van der Waals surface area (Å²) < 4.78 is 11.1. The van der Waals surface area contributed by atoms with Gasteiger partial charge >= 0.3 is 5.97 Å². The number of aryl methyl sites for hydroxylation is 1. The van der Waals surface area contributed by atoms with Crippen LogP contribution in [-0.4, -0.2) is 19.2 Å². The van der Waals surface area contributed by atoms with Crippen molar-refractivity contribution in [1.82, 2.24) is 0 Å². The molecule has 0 aromatic heterocycles. The summed E-state index contributed by atoms with van der Waals surface area (Å²) in [6.45, 7) is 10.1. The van der Waals surface area contributed by atoms with Crippen molar-refractivity contribution in [2.24, 2.45) is 5.92 Å². The Balaban J connectivity index is 2.51. The SMILES string of the molecule is COc1cc2c(cc1C)C(C(C)C)C(OC(C)=O)CC2C. The van der Waals surface area contributed by atoms with Crippen LogP contribution in [0.1, 0.15) is 62.6 Å². The van der Waals surface area contributed by atoms with Gasteiger partial charge in [-0.1, -0.05) is 26.8 Å². The van der Waals surface area contributed by atoms with Crippen molar-refractivity contribution in [2.75, 3.05) is 7.11 Å². The van der Waals surface area contributed by atoms with Crippen molar-refractivity contribution in [2.45, 2.75) is 59.0 Å². The second kappa shape index (κ2) is 6.08. The van der Waals surface area contributed by atoms with E-state index in [2.05, 4.69) is 39.8 Å². The van der Waals surface area contributed by atoms with Crippen molar-refractivity contribution < 1.29 is 14.3 Å². The molecule has 1 aromatic rings. The van der Waals surface area contributed by atoms with Gasteiger partial charge in [0.25, 0.3) is 0 Å². The average Bonchev–Trinajstić information content (AvgIpc) is 2.36. The summed E-state index contributed by atoms with van der Waals surface area (Å²) in [5.41, 5.74) is 3.78. The summed E-state index contributed by atoms with van der Waals surface area (Å²) in [5, 5.41) is 0. The summed E-state index contributed by atoms with van der Waals surface area (Å²) in [4.78, 5) is 11.4. The van der Waals surface area contributed by atoms with E-state index in [0.717, 1.165) is 17.7 Å². The standard InChI is InChI=1S/C18H26O3/c1-10(2)18-15-7-12(4)16(20-6)9-14(15)11(3)8-17(18)21-13(5)19/h7,9-11,17-18H,8H2,1-6H3. The van der Waals surface area contributed by atoms with Gasteiger partial charge in [-0.25, -0.2) is 0 Å². The van der Waals surface area contributed by atoms with Crippen LogP contribution in [0.5, 0.6) is 5.75 Å². The average molecular weight is 290 g/mol. The summed E-state index contributed by atoms with van der Waals surface area (Å²) >= 11 is 0. The second-order valence-electron chi connectivity index (χ2n) is 6.51. The Morgan fingerprint density at radius 1 is 1.29 bits per heavy atom. The predicted molar refractivity (Wildman–Crippen MR) is 83.9 cm³/mol. The topological polar surface area (TPSA) is 35.5 Å². The third-order valence-electron chi connectivity index (χ3n) is 4.51. The van der Waals surface area contributed by atoms with Crippen LogP contribution in [0.4, 0.5) is 0 Å². The van der Waals surface area contributed by atoms with Crippen molar-refractivity contribution in [1.29, 1.82) is 0 Å². The van der Waals surface area contributed by atoms with Crippen molar-refractivity contribution in [3.63, 3.8) is 0 Å². The first kappa shape index (κ1) is 15.9. The Hall–Kier alpha value is -1.51. The molecule has 0 bridgehead atoms. The van der Waals surface area contributed by atoms with Gasteiger partial charge in [-0.15, -0.1) is 0 Å². The number of fused-ring (bicyclic) bond motifs is 1. The first-order chi connectivity index (χ1) is 9.85. The van der Waals surface area contributed by atoms with Gasteiger partial charge in [-0.3, -0.25) is 4.79 Å². The van der Waals surface area contributed by atoms with E-state index in [4.69, 9.17) is 9.47 Å². The van der Waals surface area contributed by atoms with Gasteiger partial charge in [-0.2, -0.15) is 0 Å². The van der Waals surface area contributed by atoms with Gasteiger partial charge in [0.05, 0.1) is 7.11 Å². The number of benzene rings is 1. The Morgan fingerprint density at radius 3 is 2.48 bits per heavy atom. The first-order valence-electron chi connectivity index (χ1n) is 7.70. The molecule has 1 aliphatic rings. The maximum atomic E-state index is 11.4. The summed E-state index contributed by atoms with van der Waals surface area (Å²) in [6, 6.07) is 4.37. The molecule has 3 nitrogen and oxygen atoms in total. The molecule has 1 aliphatic carbocycles. The van der Waals surface area contributed by atoms with E-state index in [1.54, 1.807) is 7.11 Å². The monoisotopic (exact) mass is 290 g/mol. The number of methoxy groups -OCH3 is 1. The minimum Gasteiger partial charge on any atom is -0.496 e. The zero-order chi connectivity index (χ0) is 15.7. The molecule has 0 radical (unpaired) electrons. The van der Waals surface area contributed by atoms with E-state index in [-0.39, 0.29) is 18.0 Å². The van der Waals surface area contributed by atoms with Crippen LogP contribution in [0.25, 0.3) is 0 Å². The number of carbonyl (C=O) groups excluding carboxylic acids is 1. The van der Waals surface area contributed by atoms with Crippen molar-refractivity contribution >= 4 is 5.97 Å². The number of esters is 1. The molecule has 0 aliphatic heterocycles. The van der Waals surface area contributed by atoms with Gasteiger partial charge < -0.3 is 9.47 Å². The van der Waals surface area contributed by atoms with E-state index >= 15 is 0 Å². The van der Waals surface area contributed by atoms with Crippen molar-refractivity contribution in [3.8, 4) is 5.75 Å². The number of rotatable bonds is 3. The minimum absolute atomic E-state index is 0.0298. The molecule has 0 fully saturated rings. The molecule has 1 aromatic carbocycles. The summed E-state index contributed by atoms with van der Waals surface area (Å²) in [5.74, 6) is 1.80. The van der Waals surface area contributed by atoms with Gasteiger partial charge in [0.15, 0.2) is 0 Å². The van der Waals surface area contributed by atoms with Crippen LogP contribution >= 0.6 is 0 Å². The fourth-order valence-corrected chi connectivity index (χ4v) is 3.61. The molecular weight excluding hydrogens is 264 g/mol. The lowest BCUT2D eigenvalue weighted by Gasteiger charge is -2.39. The smallest absolute Gasteiger partial charge is 0.302 e. The number of hydrogen-bond donors (Lipinski definition) is 0. The maximum Gasteiger partial charge on any atom is 0.302 e.